The molecule has 1 saturated carbocycles. The number of carboxylic acid groups (broad SMARTS) is 1. The van der Waals surface area contributed by atoms with Gasteiger partial charge in [-0.3, -0.25) is 10.1 Å². The Balaban J connectivity index is 1.54. The van der Waals surface area contributed by atoms with Crippen molar-refractivity contribution in [2.24, 2.45) is 5.92 Å². The van der Waals surface area contributed by atoms with Gasteiger partial charge in [-0.05, 0) is 50.2 Å². The molecule has 2 N–H and O–H groups in total. The summed E-state index contributed by atoms with van der Waals surface area (Å²) in [7, 11) is 0. The van der Waals surface area contributed by atoms with Crippen LogP contribution in [0.4, 0.5) is 9.93 Å². The van der Waals surface area contributed by atoms with Crippen LogP contribution in [0.1, 0.15) is 45.4 Å². The van der Waals surface area contributed by atoms with Gasteiger partial charge in [0, 0.05) is 18.3 Å². The van der Waals surface area contributed by atoms with E-state index < -0.39 is 5.97 Å². The highest BCUT2D eigenvalue weighted by atomic mass is 32.2. The van der Waals surface area contributed by atoms with E-state index in [2.05, 4.69) is 17.2 Å². The van der Waals surface area contributed by atoms with E-state index in [-0.39, 0.29) is 18.5 Å². The molecule has 0 atom stereocenters. The van der Waals surface area contributed by atoms with Crippen molar-refractivity contribution in [2.45, 2.75) is 55.7 Å². The van der Waals surface area contributed by atoms with Crippen LogP contribution in [0.2, 0.25) is 0 Å². The van der Waals surface area contributed by atoms with Crippen LogP contribution >= 0.6 is 23.1 Å². The Hall–Kier alpha value is -2.26. The minimum Gasteiger partial charge on any atom is -0.494 e. The average molecular weight is 478 g/mol. The molecule has 32 heavy (non-hydrogen) atoms. The Morgan fingerprint density at radius 2 is 2.00 bits per heavy atom. The number of thiazole rings is 1. The van der Waals surface area contributed by atoms with Crippen LogP contribution < -0.4 is 10.1 Å². The number of aliphatic carboxylic acids is 1. The van der Waals surface area contributed by atoms with Crippen LogP contribution in [0, 0.1) is 5.92 Å². The molecular formula is C23H31N3O4S2. The molecule has 1 aliphatic carbocycles. The third-order valence-corrected chi connectivity index (χ3v) is 7.61. The second-order valence-electron chi connectivity index (χ2n) is 8.03. The van der Waals surface area contributed by atoms with Crippen molar-refractivity contribution < 1.29 is 19.4 Å². The van der Waals surface area contributed by atoms with Gasteiger partial charge in [-0.2, -0.15) is 0 Å². The summed E-state index contributed by atoms with van der Waals surface area (Å²) in [4.78, 5) is 30.0. The van der Waals surface area contributed by atoms with Gasteiger partial charge < -0.3 is 14.7 Å². The lowest BCUT2D eigenvalue weighted by Gasteiger charge is -2.36. The number of rotatable bonds is 11. The van der Waals surface area contributed by atoms with E-state index in [0.29, 0.717) is 30.0 Å². The lowest BCUT2D eigenvalue weighted by atomic mass is 9.86. The molecule has 7 nitrogen and oxygen atoms in total. The number of carbonyl (C=O) groups is 2. The molecule has 0 aliphatic heterocycles. The largest absolute Gasteiger partial charge is 0.494 e. The molecule has 0 bridgehead atoms. The van der Waals surface area contributed by atoms with Gasteiger partial charge in [0.15, 0.2) is 5.13 Å². The second kappa shape index (κ2) is 12.7. The smallest absolute Gasteiger partial charge is 0.323 e. The van der Waals surface area contributed by atoms with Crippen LogP contribution in [-0.2, 0) is 4.79 Å². The highest BCUT2D eigenvalue weighted by molar-refractivity contribution is 8.01. The number of ether oxygens (including phenoxy) is 1. The summed E-state index contributed by atoms with van der Waals surface area (Å²) >= 11 is 2.82. The lowest BCUT2D eigenvalue weighted by Crippen LogP contribution is -2.45. The molecule has 0 saturated heterocycles. The van der Waals surface area contributed by atoms with E-state index >= 15 is 0 Å². The Morgan fingerprint density at radius 1 is 1.25 bits per heavy atom. The average Bonchev–Trinajstić information content (AvgIpc) is 3.22. The summed E-state index contributed by atoms with van der Waals surface area (Å²) in [6, 6.07) is 9.81. The van der Waals surface area contributed by atoms with E-state index in [1.807, 2.05) is 35.2 Å². The number of benzene rings is 1. The van der Waals surface area contributed by atoms with Crippen LogP contribution in [0.15, 0.2) is 40.7 Å². The predicted molar refractivity (Wildman–Crippen MR) is 129 cm³/mol. The Bertz CT molecular complexity index is 854. The summed E-state index contributed by atoms with van der Waals surface area (Å²) < 4.78 is 6.70. The van der Waals surface area contributed by atoms with Crippen LogP contribution in [-0.4, -0.2) is 51.9 Å². The molecule has 1 heterocycles. The molecule has 2 amide bonds. The first-order chi connectivity index (χ1) is 15.5. The fraction of sp³-hybridized carbons (Fsp3) is 0.522. The maximum Gasteiger partial charge on any atom is 0.323 e. The number of para-hydroxylation sites is 1. The Labute approximate surface area is 197 Å². The highest BCUT2D eigenvalue weighted by Crippen LogP contribution is 2.30. The number of hydrogen-bond donors (Lipinski definition) is 2. The number of thioether (sulfide) groups is 1. The first-order valence-electron chi connectivity index (χ1n) is 11.1. The summed E-state index contributed by atoms with van der Waals surface area (Å²) in [5.41, 5.74) is 0. The molecule has 1 aromatic carbocycles. The van der Waals surface area contributed by atoms with Gasteiger partial charge in [0.2, 0.25) is 0 Å². The molecule has 0 radical (unpaired) electrons. The second-order valence-corrected chi connectivity index (χ2v) is 10.5. The van der Waals surface area contributed by atoms with Gasteiger partial charge in [-0.15, -0.1) is 11.8 Å². The van der Waals surface area contributed by atoms with E-state index in [1.54, 1.807) is 6.20 Å². The van der Waals surface area contributed by atoms with Crippen LogP contribution in [0.25, 0.3) is 0 Å². The van der Waals surface area contributed by atoms with E-state index in [0.717, 1.165) is 42.1 Å². The number of anilines is 1. The number of aromatic nitrogens is 1. The molecule has 0 unspecified atom stereocenters. The lowest BCUT2D eigenvalue weighted by molar-refractivity contribution is -0.136. The summed E-state index contributed by atoms with van der Waals surface area (Å²) in [6.07, 6.45) is 6.84. The first-order valence-corrected chi connectivity index (χ1v) is 12.9. The zero-order valence-electron chi connectivity index (χ0n) is 18.4. The quantitative estimate of drug-likeness (QED) is 0.324. The minimum absolute atomic E-state index is 0.100. The van der Waals surface area contributed by atoms with Crippen molar-refractivity contribution in [1.29, 1.82) is 0 Å². The maximum atomic E-state index is 13.1. The van der Waals surface area contributed by atoms with Crippen LogP contribution in [0.5, 0.6) is 5.75 Å². The third kappa shape index (κ3) is 8.02. The Morgan fingerprint density at radius 3 is 2.72 bits per heavy atom. The van der Waals surface area contributed by atoms with Gasteiger partial charge >= 0.3 is 12.0 Å². The monoisotopic (exact) mass is 477 g/mol. The molecule has 9 heteroatoms. The molecule has 2 aromatic rings. The number of nitrogens with one attached hydrogen (secondary N) is 1. The maximum absolute atomic E-state index is 13.1. The number of urea groups is 1. The van der Waals surface area contributed by atoms with E-state index in [9.17, 15) is 9.59 Å². The molecule has 0 spiro atoms. The number of nitrogens with zero attached hydrogens (tertiary/aromatic N) is 2. The topological polar surface area (TPSA) is 91.8 Å². The summed E-state index contributed by atoms with van der Waals surface area (Å²) in [6.45, 7) is 3.45. The third-order valence-electron chi connectivity index (χ3n) is 5.50. The zero-order valence-corrected chi connectivity index (χ0v) is 20.0. The van der Waals surface area contributed by atoms with Gasteiger partial charge in [0.05, 0.1) is 23.4 Å². The highest BCUT2D eigenvalue weighted by Gasteiger charge is 2.28. The van der Waals surface area contributed by atoms with Crippen molar-refractivity contribution >= 4 is 40.2 Å². The molecule has 1 aromatic heterocycles. The fourth-order valence-electron chi connectivity index (χ4n) is 3.73. The normalized spacial score (nSPS) is 18.2. The minimum atomic E-state index is -0.816. The predicted octanol–water partition coefficient (Wildman–Crippen LogP) is 5.59. The van der Waals surface area contributed by atoms with Gasteiger partial charge in [-0.25, -0.2) is 9.78 Å². The SMILES string of the molecule is C[C@H]1CC[C@H](N(CCCOc2ccccc2)C(=O)Nc2ncc(SCCC(=O)O)s2)CC1. The number of amides is 2. The van der Waals surface area contributed by atoms with Crippen molar-refractivity contribution in [1.82, 2.24) is 9.88 Å². The zero-order chi connectivity index (χ0) is 22.8. The van der Waals surface area contributed by atoms with Crippen molar-refractivity contribution in [3.8, 4) is 5.75 Å². The number of carbonyl (C=O) groups excluding carboxylic acids is 1. The molecule has 1 fully saturated rings. The van der Waals surface area contributed by atoms with Crippen molar-refractivity contribution in [3.63, 3.8) is 0 Å². The van der Waals surface area contributed by atoms with Crippen LogP contribution in [0.3, 0.4) is 0 Å². The summed E-state index contributed by atoms with van der Waals surface area (Å²) in [5, 5.41) is 12.3. The van der Waals surface area contributed by atoms with E-state index in [4.69, 9.17) is 9.84 Å². The van der Waals surface area contributed by atoms with Crippen molar-refractivity contribution in [2.75, 3.05) is 24.2 Å². The first kappa shape index (κ1) is 24.4. The Kier molecular flexibility index (Phi) is 9.67. The molecule has 1 aliphatic rings. The standard InChI is InChI=1S/C23H31N3O4S2/c1-17-8-10-18(11-9-17)26(13-5-14-30-19-6-3-2-4-7-19)23(29)25-22-24-16-21(32-22)31-15-12-20(27)28/h2-4,6-7,16-18H,5,8-15H2,1H3,(H,27,28)(H,24,25,29)/t17-,18-. The van der Waals surface area contributed by atoms with Gasteiger partial charge in [0.1, 0.15) is 5.75 Å². The van der Waals surface area contributed by atoms with Gasteiger partial charge in [-0.1, -0.05) is 36.5 Å². The summed E-state index contributed by atoms with van der Waals surface area (Å²) in [5.74, 6) is 1.22. The van der Waals surface area contributed by atoms with Gasteiger partial charge in [0.25, 0.3) is 0 Å². The fourth-order valence-corrected chi connectivity index (χ4v) is 5.60. The van der Waals surface area contributed by atoms with E-state index in [1.165, 1.54) is 23.1 Å². The number of carboxylic acids is 1. The molecule has 3 rings (SSSR count). The molecular weight excluding hydrogens is 446 g/mol. The van der Waals surface area contributed by atoms with Crippen molar-refractivity contribution in [3.05, 3.63) is 36.5 Å². The molecule has 174 valence electrons. The number of hydrogen-bond acceptors (Lipinski definition) is 6.